The molecule has 0 aliphatic carbocycles. The van der Waals surface area contributed by atoms with Crippen LogP contribution in [0.25, 0.3) is 11.1 Å². The normalized spacial score (nSPS) is 12.0. The molecule has 3 rings (SSSR count). The third-order valence-electron chi connectivity index (χ3n) is 4.05. The number of anilines is 1. The van der Waals surface area contributed by atoms with Gasteiger partial charge in [-0.3, -0.25) is 9.52 Å². The Labute approximate surface area is 162 Å². The van der Waals surface area contributed by atoms with E-state index in [1.165, 1.54) is 17.7 Å². The van der Waals surface area contributed by atoms with Crippen LogP contribution in [0.2, 0.25) is 0 Å². The van der Waals surface area contributed by atoms with Gasteiger partial charge in [-0.05, 0) is 34.6 Å². The van der Waals surface area contributed by atoms with E-state index in [0.29, 0.717) is 22.3 Å². The monoisotopic (exact) mass is 401 g/mol. The minimum atomic E-state index is -3.91. The molecule has 3 aromatic rings. The lowest BCUT2D eigenvalue weighted by molar-refractivity contribution is 0.112. The number of hydrogen-bond donors (Lipinski definition) is 1. The second-order valence-electron chi connectivity index (χ2n) is 7.01. The van der Waals surface area contributed by atoms with E-state index in [1.807, 2.05) is 6.07 Å². The summed E-state index contributed by atoms with van der Waals surface area (Å²) in [4.78, 5) is 19.6. The van der Waals surface area contributed by atoms with E-state index in [0.717, 1.165) is 5.56 Å². The number of nitrogens with one attached hydrogen (secondary N) is 1. The van der Waals surface area contributed by atoms with Crippen molar-refractivity contribution in [2.45, 2.75) is 31.1 Å². The van der Waals surface area contributed by atoms with E-state index in [1.54, 1.807) is 36.0 Å². The van der Waals surface area contributed by atoms with Crippen LogP contribution in [0.5, 0.6) is 0 Å². The molecule has 27 heavy (non-hydrogen) atoms. The predicted molar refractivity (Wildman–Crippen MR) is 107 cm³/mol. The summed E-state index contributed by atoms with van der Waals surface area (Å²) >= 11 is 1.18. The average molecular weight is 402 g/mol. The third kappa shape index (κ3) is 4.06. The number of carbonyl (C=O) groups excluding carboxylic acids is 1. The molecule has 0 amide bonds. The Balaban J connectivity index is 2.15. The zero-order valence-electron chi connectivity index (χ0n) is 15.1. The van der Waals surface area contributed by atoms with Crippen molar-refractivity contribution in [3.05, 3.63) is 58.8 Å². The fourth-order valence-corrected chi connectivity index (χ4v) is 4.60. The Morgan fingerprint density at radius 3 is 2.44 bits per heavy atom. The molecule has 0 saturated heterocycles. The molecule has 140 valence electrons. The number of thiophene rings is 1. The molecule has 0 bridgehead atoms. The van der Waals surface area contributed by atoms with Gasteiger partial charge in [-0.25, -0.2) is 18.4 Å². The van der Waals surface area contributed by atoms with Gasteiger partial charge in [-0.1, -0.05) is 26.8 Å². The van der Waals surface area contributed by atoms with Crippen molar-refractivity contribution in [2.75, 3.05) is 4.72 Å². The molecule has 0 saturated carbocycles. The number of sulfonamides is 1. The molecule has 1 aromatic carbocycles. The fraction of sp³-hybridized carbons (Fsp3) is 0.211. The molecular formula is C19H19N3O3S2. The summed E-state index contributed by atoms with van der Waals surface area (Å²) in [6.45, 7) is 6.17. The number of rotatable bonds is 5. The maximum Gasteiger partial charge on any atom is 0.262 e. The number of benzene rings is 1. The van der Waals surface area contributed by atoms with Gasteiger partial charge in [0.25, 0.3) is 10.0 Å². The van der Waals surface area contributed by atoms with Crippen molar-refractivity contribution in [2.24, 2.45) is 0 Å². The molecule has 0 fully saturated rings. The van der Waals surface area contributed by atoms with E-state index in [2.05, 4.69) is 35.5 Å². The molecule has 0 aliphatic rings. The Morgan fingerprint density at radius 2 is 1.81 bits per heavy atom. The van der Waals surface area contributed by atoms with E-state index in [4.69, 9.17) is 0 Å². The van der Waals surface area contributed by atoms with Gasteiger partial charge in [-0.15, -0.1) is 11.3 Å². The van der Waals surface area contributed by atoms with E-state index in [-0.39, 0.29) is 16.0 Å². The Bertz CT molecular complexity index is 1070. The molecule has 0 unspecified atom stereocenters. The molecule has 0 radical (unpaired) electrons. The van der Waals surface area contributed by atoms with Gasteiger partial charge in [0.2, 0.25) is 0 Å². The molecule has 6 nitrogen and oxygen atoms in total. The Kier molecular flexibility index (Phi) is 5.12. The molecule has 2 heterocycles. The molecule has 0 atom stereocenters. The summed E-state index contributed by atoms with van der Waals surface area (Å²) in [6, 6.07) is 6.80. The number of hydrogen-bond acceptors (Lipinski definition) is 6. The highest BCUT2D eigenvalue weighted by atomic mass is 32.2. The SMILES string of the molecule is CC(C)(C)c1ccc(S(=O)(=O)Nc2ccsc2C=O)c(-c2cncnc2)c1. The van der Waals surface area contributed by atoms with Crippen LogP contribution in [0.1, 0.15) is 36.0 Å². The largest absolute Gasteiger partial charge is 0.297 e. The van der Waals surface area contributed by atoms with Crippen LogP contribution in [-0.4, -0.2) is 24.7 Å². The number of aldehydes is 1. The summed E-state index contributed by atoms with van der Waals surface area (Å²) < 4.78 is 28.6. The van der Waals surface area contributed by atoms with Crippen molar-refractivity contribution >= 4 is 33.3 Å². The topological polar surface area (TPSA) is 89.0 Å². The van der Waals surface area contributed by atoms with Crippen molar-refractivity contribution in [3.8, 4) is 11.1 Å². The molecular weight excluding hydrogens is 382 g/mol. The van der Waals surface area contributed by atoms with Gasteiger partial charge < -0.3 is 0 Å². The van der Waals surface area contributed by atoms with Crippen LogP contribution >= 0.6 is 11.3 Å². The quantitative estimate of drug-likeness (QED) is 0.650. The van der Waals surface area contributed by atoms with Crippen molar-refractivity contribution in [1.82, 2.24) is 9.97 Å². The molecule has 1 N–H and O–H groups in total. The highest BCUT2D eigenvalue weighted by molar-refractivity contribution is 7.92. The first kappa shape index (κ1) is 19.2. The zero-order valence-corrected chi connectivity index (χ0v) is 16.8. The van der Waals surface area contributed by atoms with Crippen LogP contribution < -0.4 is 4.72 Å². The second kappa shape index (κ2) is 7.21. The third-order valence-corrected chi connectivity index (χ3v) is 6.32. The standard InChI is InChI=1S/C19H19N3O3S2/c1-19(2,3)14-4-5-18(15(8-14)13-9-20-12-21-10-13)27(24,25)22-16-6-7-26-17(16)11-23/h4-12,22H,1-3H3. The highest BCUT2D eigenvalue weighted by Gasteiger charge is 2.24. The van der Waals surface area contributed by atoms with Gasteiger partial charge in [-0.2, -0.15) is 0 Å². The lowest BCUT2D eigenvalue weighted by atomic mass is 9.85. The molecule has 8 heteroatoms. The maximum absolute atomic E-state index is 13.1. The predicted octanol–water partition coefficient (Wildman–Crippen LogP) is 4.12. The first-order chi connectivity index (χ1) is 12.7. The van der Waals surface area contributed by atoms with Crippen LogP contribution in [0.4, 0.5) is 5.69 Å². The van der Waals surface area contributed by atoms with Gasteiger partial charge in [0.15, 0.2) is 6.29 Å². The van der Waals surface area contributed by atoms with Gasteiger partial charge in [0, 0.05) is 23.5 Å². The second-order valence-corrected chi connectivity index (χ2v) is 9.61. The van der Waals surface area contributed by atoms with Gasteiger partial charge in [0.05, 0.1) is 15.5 Å². The van der Waals surface area contributed by atoms with Crippen LogP contribution in [0, 0.1) is 0 Å². The summed E-state index contributed by atoms with van der Waals surface area (Å²) in [5.41, 5.74) is 2.22. The smallest absolute Gasteiger partial charge is 0.262 e. The van der Waals surface area contributed by atoms with E-state index in [9.17, 15) is 13.2 Å². The lowest BCUT2D eigenvalue weighted by Gasteiger charge is -2.21. The molecule has 2 aromatic heterocycles. The Morgan fingerprint density at radius 1 is 1.11 bits per heavy atom. The van der Waals surface area contributed by atoms with Crippen LogP contribution in [-0.2, 0) is 15.4 Å². The van der Waals surface area contributed by atoms with Crippen molar-refractivity contribution in [1.29, 1.82) is 0 Å². The molecule has 0 spiro atoms. The van der Waals surface area contributed by atoms with Gasteiger partial charge in [0.1, 0.15) is 6.33 Å². The fourth-order valence-electron chi connectivity index (χ4n) is 2.59. The summed E-state index contributed by atoms with van der Waals surface area (Å²) in [7, 11) is -3.91. The summed E-state index contributed by atoms with van der Waals surface area (Å²) in [5.74, 6) is 0. The minimum Gasteiger partial charge on any atom is -0.297 e. The van der Waals surface area contributed by atoms with E-state index < -0.39 is 10.0 Å². The summed E-state index contributed by atoms with van der Waals surface area (Å²) in [6.07, 6.45) is 5.19. The minimum absolute atomic E-state index is 0.105. The number of nitrogens with zero attached hydrogens (tertiary/aromatic N) is 2. The van der Waals surface area contributed by atoms with Crippen molar-refractivity contribution in [3.63, 3.8) is 0 Å². The first-order valence-electron chi connectivity index (χ1n) is 8.18. The van der Waals surface area contributed by atoms with Crippen LogP contribution in [0.15, 0.2) is 53.3 Å². The summed E-state index contributed by atoms with van der Waals surface area (Å²) in [5, 5.41) is 1.66. The number of carbonyl (C=O) groups is 1. The molecule has 0 aliphatic heterocycles. The van der Waals surface area contributed by atoms with Gasteiger partial charge >= 0.3 is 0 Å². The van der Waals surface area contributed by atoms with Crippen molar-refractivity contribution < 1.29 is 13.2 Å². The maximum atomic E-state index is 13.1. The zero-order chi connectivity index (χ0) is 19.7. The van der Waals surface area contributed by atoms with Crippen LogP contribution in [0.3, 0.4) is 0 Å². The highest BCUT2D eigenvalue weighted by Crippen LogP contribution is 2.33. The van der Waals surface area contributed by atoms with E-state index >= 15 is 0 Å². The number of aromatic nitrogens is 2. The Hall–Kier alpha value is -2.58. The first-order valence-corrected chi connectivity index (χ1v) is 10.5. The lowest BCUT2D eigenvalue weighted by Crippen LogP contribution is -2.16. The average Bonchev–Trinajstić information content (AvgIpc) is 3.07.